The van der Waals surface area contributed by atoms with Gasteiger partial charge >= 0.3 is 0 Å². The summed E-state index contributed by atoms with van der Waals surface area (Å²) in [6, 6.07) is 7.61. The summed E-state index contributed by atoms with van der Waals surface area (Å²) in [5.74, 6) is 0.613. The van der Waals surface area contributed by atoms with Crippen LogP contribution in [-0.2, 0) is 4.79 Å². The van der Waals surface area contributed by atoms with Crippen molar-refractivity contribution in [2.24, 2.45) is 11.8 Å². The van der Waals surface area contributed by atoms with E-state index in [-0.39, 0.29) is 24.3 Å². The molecule has 1 N–H and O–H groups in total. The largest absolute Gasteiger partial charge is 0.396 e. The molecular weight excluding hydrogens is 286 g/mol. The Hall–Kier alpha value is -1.06. The number of amides is 1. The van der Waals surface area contributed by atoms with Crippen molar-refractivity contribution in [3.05, 3.63) is 34.9 Å². The molecule has 1 aliphatic rings. The number of carbonyl (C=O) groups is 1. The third-order valence-electron chi connectivity index (χ3n) is 4.32. The van der Waals surface area contributed by atoms with Crippen LogP contribution in [0.25, 0.3) is 0 Å². The zero-order valence-electron chi connectivity index (χ0n) is 12.8. The van der Waals surface area contributed by atoms with Gasteiger partial charge in [0.15, 0.2) is 0 Å². The minimum atomic E-state index is -0.144. The molecule has 1 aromatic rings. The molecule has 3 nitrogen and oxygen atoms in total. The first-order valence-corrected chi connectivity index (χ1v) is 8.05. The maximum atomic E-state index is 12.9. The first-order valence-electron chi connectivity index (χ1n) is 7.68. The molecule has 1 amide bonds. The van der Waals surface area contributed by atoms with E-state index in [1.165, 1.54) is 0 Å². The van der Waals surface area contributed by atoms with Crippen LogP contribution in [-0.4, -0.2) is 35.6 Å². The monoisotopic (exact) mass is 309 g/mol. The number of carbonyl (C=O) groups excluding carboxylic acids is 1. The van der Waals surface area contributed by atoms with Gasteiger partial charge in [0, 0.05) is 24.7 Å². The predicted octanol–water partition coefficient (Wildman–Crippen LogP) is 3.31. The molecule has 1 heterocycles. The van der Waals surface area contributed by atoms with Crippen LogP contribution in [0, 0.1) is 11.8 Å². The number of hydrogen-bond donors (Lipinski definition) is 1. The Labute approximate surface area is 131 Å². The number of halogens is 1. The Morgan fingerprint density at radius 2 is 2.05 bits per heavy atom. The van der Waals surface area contributed by atoms with Crippen molar-refractivity contribution in [2.75, 3.05) is 19.7 Å². The topological polar surface area (TPSA) is 40.5 Å². The molecule has 2 rings (SSSR count). The van der Waals surface area contributed by atoms with Crippen molar-refractivity contribution in [1.29, 1.82) is 0 Å². The van der Waals surface area contributed by atoms with Crippen LogP contribution < -0.4 is 0 Å². The second kappa shape index (κ2) is 7.28. The first-order chi connectivity index (χ1) is 10.0. The average molecular weight is 310 g/mol. The molecule has 0 radical (unpaired) electrons. The van der Waals surface area contributed by atoms with Crippen molar-refractivity contribution in [3.8, 4) is 0 Å². The molecule has 4 heteroatoms. The van der Waals surface area contributed by atoms with Gasteiger partial charge in [-0.15, -0.1) is 0 Å². The van der Waals surface area contributed by atoms with Crippen molar-refractivity contribution in [1.82, 2.24) is 4.90 Å². The Kier molecular flexibility index (Phi) is 5.65. The highest BCUT2D eigenvalue weighted by Gasteiger charge is 2.31. The van der Waals surface area contributed by atoms with Gasteiger partial charge in [0.25, 0.3) is 0 Å². The minimum Gasteiger partial charge on any atom is -0.396 e. The molecule has 1 fully saturated rings. The highest BCUT2D eigenvalue weighted by atomic mass is 35.5. The summed E-state index contributed by atoms with van der Waals surface area (Å²) in [6.07, 6.45) is 1.78. The Morgan fingerprint density at radius 3 is 2.57 bits per heavy atom. The smallest absolute Gasteiger partial charge is 0.230 e. The quantitative estimate of drug-likeness (QED) is 0.927. The van der Waals surface area contributed by atoms with Crippen molar-refractivity contribution < 1.29 is 9.90 Å². The molecule has 1 aliphatic heterocycles. The zero-order chi connectivity index (χ0) is 15.4. The maximum absolute atomic E-state index is 12.9. The average Bonchev–Trinajstić information content (AvgIpc) is 2.47. The number of benzene rings is 1. The van der Waals surface area contributed by atoms with Gasteiger partial charge in [-0.25, -0.2) is 0 Å². The Morgan fingerprint density at radius 1 is 1.38 bits per heavy atom. The predicted molar refractivity (Wildman–Crippen MR) is 85.4 cm³/mol. The van der Waals surface area contributed by atoms with Crippen molar-refractivity contribution >= 4 is 17.5 Å². The highest BCUT2D eigenvalue weighted by Crippen LogP contribution is 2.30. The molecule has 1 unspecified atom stereocenters. The first kappa shape index (κ1) is 16.3. The van der Waals surface area contributed by atoms with Gasteiger partial charge < -0.3 is 10.0 Å². The van der Waals surface area contributed by atoms with E-state index in [9.17, 15) is 9.90 Å². The van der Waals surface area contributed by atoms with E-state index >= 15 is 0 Å². The molecule has 0 aromatic heterocycles. The molecule has 1 aromatic carbocycles. The second-order valence-electron chi connectivity index (χ2n) is 6.23. The van der Waals surface area contributed by atoms with Gasteiger partial charge in [0.2, 0.25) is 5.91 Å². The lowest BCUT2D eigenvalue weighted by molar-refractivity contribution is -0.135. The molecule has 0 spiro atoms. The molecule has 0 saturated carbocycles. The lowest BCUT2D eigenvalue weighted by atomic mass is 9.86. The fraction of sp³-hybridized carbons (Fsp3) is 0.588. The zero-order valence-corrected chi connectivity index (χ0v) is 13.5. The molecule has 0 bridgehead atoms. The lowest BCUT2D eigenvalue weighted by Gasteiger charge is -2.35. The number of aliphatic hydroxyl groups excluding tert-OH is 1. The summed E-state index contributed by atoms with van der Waals surface area (Å²) in [5.41, 5.74) is 0.992. The summed E-state index contributed by atoms with van der Waals surface area (Å²) in [7, 11) is 0. The van der Waals surface area contributed by atoms with Crippen LogP contribution in [0.1, 0.15) is 38.2 Å². The van der Waals surface area contributed by atoms with E-state index in [4.69, 9.17) is 11.6 Å². The van der Waals surface area contributed by atoms with E-state index in [1.807, 2.05) is 29.2 Å². The number of nitrogens with zero attached hydrogens (tertiary/aromatic N) is 1. The number of piperidine rings is 1. The number of hydrogen-bond acceptors (Lipinski definition) is 2. The van der Waals surface area contributed by atoms with Gasteiger partial charge in [0.1, 0.15) is 0 Å². The number of likely N-dealkylation sites (tertiary alicyclic amines) is 1. The lowest BCUT2D eigenvalue weighted by Crippen LogP contribution is -2.42. The van der Waals surface area contributed by atoms with E-state index in [0.717, 1.165) is 31.5 Å². The van der Waals surface area contributed by atoms with Gasteiger partial charge in [-0.05, 0) is 42.4 Å². The molecular formula is C17H24ClNO2. The Bertz CT molecular complexity index is 481. The molecule has 116 valence electrons. The third kappa shape index (κ3) is 3.98. The van der Waals surface area contributed by atoms with Crippen LogP contribution in [0.3, 0.4) is 0 Å². The van der Waals surface area contributed by atoms with Crippen LogP contribution in [0.2, 0.25) is 5.02 Å². The molecule has 21 heavy (non-hydrogen) atoms. The Balaban J connectivity index is 2.13. The van der Waals surface area contributed by atoms with Crippen LogP contribution in [0.15, 0.2) is 24.3 Å². The van der Waals surface area contributed by atoms with E-state index < -0.39 is 0 Å². The standard InChI is InChI=1S/C17H24ClNO2/c1-12(2)16(14-4-3-5-15(18)10-14)17(21)19-8-6-13(11-20)7-9-19/h3-5,10,12-13,16,20H,6-9,11H2,1-2H3. The molecule has 1 saturated heterocycles. The third-order valence-corrected chi connectivity index (χ3v) is 4.56. The maximum Gasteiger partial charge on any atom is 0.230 e. The minimum absolute atomic E-state index is 0.144. The van der Waals surface area contributed by atoms with E-state index in [2.05, 4.69) is 13.8 Å². The SMILES string of the molecule is CC(C)C(C(=O)N1CCC(CO)CC1)c1cccc(Cl)c1. The summed E-state index contributed by atoms with van der Waals surface area (Å²) in [4.78, 5) is 14.8. The van der Waals surface area contributed by atoms with Gasteiger partial charge in [-0.1, -0.05) is 37.6 Å². The summed E-state index contributed by atoms with van der Waals surface area (Å²) in [6.45, 7) is 5.86. The fourth-order valence-corrected chi connectivity index (χ4v) is 3.24. The molecule has 1 atom stereocenters. The number of aliphatic hydroxyl groups is 1. The van der Waals surface area contributed by atoms with Crippen LogP contribution >= 0.6 is 11.6 Å². The van der Waals surface area contributed by atoms with E-state index in [0.29, 0.717) is 10.9 Å². The van der Waals surface area contributed by atoms with Crippen LogP contribution in [0.4, 0.5) is 0 Å². The second-order valence-corrected chi connectivity index (χ2v) is 6.66. The normalized spacial score (nSPS) is 18.0. The van der Waals surface area contributed by atoms with Gasteiger partial charge in [-0.2, -0.15) is 0 Å². The van der Waals surface area contributed by atoms with E-state index in [1.54, 1.807) is 0 Å². The summed E-state index contributed by atoms with van der Waals surface area (Å²) >= 11 is 6.07. The number of rotatable bonds is 4. The fourth-order valence-electron chi connectivity index (χ4n) is 3.05. The van der Waals surface area contributed by atoms with Crippen molar-refractivity contribution in [3.63, 3.8) is 0 Å². The highest BCUT2D eigenvalue weighted by molar-refractivity contribution is 6.30. The molecule has 0 aliphatic carbocycles. The van der Waals surface area contributed by atoms with Crippen LogP contribution in [0.5, 0.6) is 0 Å². The van der Waals surface area contributed by atoms with Gasteiger partial charge in [0.05, 0.1) is 5.92 Å². The van der Waals surface area contributed by atoms with Gasteiger partial charge in [-0.3, -0.25) is 4.79 Å². The summed E-state index contributed by atoms with van der Waals surface area (Å²) < 4.78 is 0. The summed E-state index contributed by atoms with van der Waals surface area (Å²) in [5, 5.41) is 9.87. The van der Waals surface area contributed by atoms with Crippen molar-refractivity contribution in [2.45, 2.75) is 32.6 Å².